The summed E-state index contributed by atoms with van der Waals surface area (Å²) in [4.78, 5) is 5.66. The number of rotatable bonds is 3. The number of para-hydroxylation sites is 2. The lowest BCUT2D eigenvalue weighted by Gasteiger charge is -2.25. The SMILES string of the molecule is FC(F)(F)Oc1ccccc1N1C=CC(c2ccncc2)=CC1. The van der Waals surface area contributed by atoms with Crippen LogP contribution in [0.2, 0.25) is 0 Å². The molecule has 118 valence electrons. The number of ether oxygens (including phenoxy) is 1. The summed E-state index contributed by atoms with van der Waals surface area (Å²) in [6.45, 7) is 0.451. The number of pyridine rings is 1. The van der Waals surface area contributed by atoms with E-state index in [0.717, 1.165) is 11.1 Å². The molecule has 0 bridgehead atoms. The minimum Gasteiger partial charge on any atom is -0.404 e. The number of alkyl halides is 3. The third kappa shape index (κ3) is 3.71. The molecule has 1 aliphatic rings. The Kier molecular flexibility index (Phi) is 4.06. The average Bonchev–Trinajstić information content (AvgIpc) is 2.55. The lowest BCUT2D eigenvalue weighted by atomic mass is 10.0. The highest BCUT2D eigenvalue weighted by Crippen LogP contribution is 2.34. The Morgan fingerprint density at radius 3 is 2.43 bits per heavy atom. The van der Waals surface area contributed by atoms with Crippen molar-refractivity contribution in [1.29, 1.82) is 0 Å². The van der Waals surface area contributed by atoms with Gasteiger partial charge in [-0.25, -0.2) is 0 Å². The second kappa shape index (κ2) is 6.16. The van der Waals surface area contributed by atoms with Gasteiger partial charge in [0.05, 0.1) is 5.69 Å². The summed E-state index contributed by atoms with van der Waals surface area (Å²) < 4.78 is 41.6. The molecule has 1 aliphatic heterocycles. The van der Waals surface area contributed by atoms with Crippen molar-refractivity contribution in [2.75, 3.05) is 11.4 Å². The quantitative estimate of drug-likeness (QED) is 0.839. The van der Waals surface area contributed by atoms with Gasteiger partial charge in [-0.2, -0.15) is 0 Å². The minimum absolute atomic E-state index is 0.217. The predicted octanol–water partition coefficient (Wildman–Crippen LogP) is 4.40. The fourth-order valence-electron chi connectivity index (χ4n) is 2.34. The molecular weight excluding hydrogens is 305 g/mol. The molecule has 2 aromatic rings. The van der Waals surface area contributed by atoms with Crippen LogP contribution in [0.4, 0.5) is 18.9 Å². The highest BCUT2D eigenvalue weighted by Gasteiger charge is 2.32. The Bertz CT molecular complexity index is 739. The van der Waals surface area contributed by atoms with Crippen LogP contribution >= 0.6 is 0 Å². The standard InChI is InChI=1S/C17H13F3N2O/c18-17(19,20)23-16-4-2-1-3-15(16)22-11-7-14(8-12-22)13-5-9-21-10-6-13/h1-11H,12H2. The molecule has 0 aliphatic carbocycles. The Morgan fingerprint density at radius 1 is 1.04 bits per heavy atom. The number of hydrogen-bond donors (Lipinski definition) is 0. The van der Waals surface area contributed by atoms with Crippen LogP contribution in [0.15, 0.2) is 67.1 Å². The van der Waals surface area contributed by atoms with Crippen LogP contribution in [0.3, 0.4) is 0 Å². The van der Waals surface area contributed by atoms with E-state index in [2.05, 4.69) is 9.72 Å². The van der Waals surface area contributed by atoms with Crippen molar-refractivity contribution in [1.82, 2.24) is 4.98 Å². The average molecular weight is 318 g/mol. The molecule has 3 rings (SSSR count). The highest BCUT2D eigenvalue weighted by molar-refractivity contribution is 5.77. The van der Waals surface area contributed by atoms with Gasteiger partial charge in [-0.3, -0.25) is 4.98 Å². The number of hydrogen-bond acceptors (Lipinski definition) is 3. The third-order valence-electron chi connectivity index (χ3n) is 3.36. The summed E-state index contributed by atoms with van der Waals surface area (Å²) in [5.74, 6) is -0.217. The molecule has 0 radical (unpaired) electrons. The van der Waals surface area contributed by atoms with E-state index in [-0.39, 0.29) is 5.75 Å². The summed E-state index contributed by atoms with van der Waals surface area (Å²) in [5.41, 5.74) is 2.37. The Morgan fingerprint density at radius 2 is 1.78 bits per heavy atom. The maximum Gasteiger partial charge on any atom is 0.573 e. The second-order valence-electron chi connectivity index (χ2n) is 4.88. The fraction of sp³-hybridized carbons (Fsp3) is 0.118. The van der Waals surface area contributed by atoms with E-state index in [1.807, 2.05) is 24.3 Å². The molecule has 23 heavy (non-hydrogen) atoms. The van der Waals surface area contributed by atoms with Crippen LogP contribution in [0.1, 0.15) is 5.56 Å². The largest absolute Gasteiger partial charge is 0.573 e. The third-order valence-corrected chi connectivity index (χ3v) is 3.36. The van der Waals surface area contributed by atoms with E-state index < -0.39 is 6.36 Å². The first-order valence-corrected chi connectivity index (χ1v) is 6.93. The van der Waals surface area contributed by atoms with Crippen molar-refractivity contribution in [3.8, 4) is 5.75 Å². The van der Waals surface area contributed by atoms with Gasteiger partial charge in [-0.05, 0) is 41.5 Å². The number of nitrogens with zero attached hydrogens (tertiary/aromatic N) is 2. The summed E-state index contributed by atoms with van der Waals surface area (Å²) in [7, 11) is 0. The topological polar surface area (TPSA) is 25.4 Å². The zero-order valence-corrected chi connectivity index (χ0v) is 12.0. The van der Waals surface area contributed by atoms with Gasteiger partial charge in [-0.1, -0.05) is 18.2 Å². The van der Waals surface area contributed by atoms with Gasteiger partial charge in [0.25, 0.3) is 0 Å². The van der Waals surface area contributed by atoms with E-state index in [4.69, 9.17) is 0 Å². The van der Waals surface area contributed by atoms with E-state index in [1.54, 1.807) is 35.6 Å². The molecule has 1 aromatic carbocycles. The van der Waals surface area contributed by atoms with Crippen LogP contribution in [0.25, 0.3) is 5.57 Å². The van der Waals surface area contributed by atoms with Gasteiger partial charge in [0, 0.05) is 25.1 Å². The van der Waals surface area contributed by atoms with E-state index in [0.29, 0.717) is 12.2 Å². The smallest absolute Gasteiger partial charge is 0.404 e. The van der Waals surface area contributed by atoms with Crippen molar-refractivity contribution >= 4 is 11.3 Å². The van der Waals surface area contributed by atoms with Crippen molar-refractivity contribution in [3.05, 3.63) is 72.7 Å². The minimum atomic E-state index is -4.71. The van der Waals surface area contributed by atoms with Gasteiger partial charge in [0.1, 0.15) is 0 Å². The highest BCUT2D eigenvalue weighted by atomic mass is 19.4. The first-order valence-electron chi connectivity index (χ1n) is 6.93. The van der Waals surface area contributed by atoms with Crippen molar-refractivity contribution in [2.24, 2.45) is 0 Å². The molecule has 0 spiro atoms. The van der Waals surface area contributed by atoms with Crippen molar-refractivity contribution in [2.45, 2.75) is 6.36 Å². The molecule has 0 atom stereocenters. The number of allylic oxidation sites excluding steroid dienone is 2. The van der Waals surface area contributed by atoms with Crippen LogP contribution < -0.4 is 9.64 Å². The maximum atomic E-state index is 12.5. The summed E-state index contributed by atoms with van der Waals surface area (Å²) in [6, 6.07) is 9.85. The van der Waals surface area contributed by atoms with Gasteiger partial charge in [0.2, 0.25) is 0 Å². The first-order chi connectivity index (χ1) is 11.0. The van der Waals surface area contributed by atoms with Crippen LogP contribution in [0.5, 0.6) is 5.75 Å². The van der Waals surface area contributed by atoms with E-state index >= 15 is 0 Å². The summed E-state index contributed by atoms with van der Waals surface area (Å²) in [5, 5.41) is 0. The van der Waals surface area contributed by atoms with E-state index in [9.17, 15) is 13.2 Å². The van der Waals surface area contributed by atoms with Crippen LogP contribution in [0, 0.1) is 0 Å². The fourth-order valence-corrected chi connectivity index (χ4v) is 2.34. The molecule has 1 aromatic heterocycles. The normalized spacial score (nSPS) is 14.6. The Balaban J connectivity index is 1.81. The zero-order chi connectivity index (χ0) is 16.3. The molecule has 2 heterocycles. The monoisotopic (exact) mass is 318 g/mol. The number of aromatic nitrogens is 1. The van der Waals surface area contributed by atoms with Gasteiger partial charge < -0.3 is 9.64 Å². The Labute approximate surface area is 131 Å². The zero-order valence-electron chi connectivity index (χ0n) is 12.0. The molecule has 0 unspecified atom stereocenters. The maximum absolute atomic E-state index is 12.5. The van der Waals surface area contributed by atoms with E-state index in [1.165, 1.54) is 12.1 Å². The molecule has 3 nitrogen and oxygen atoms in total. The summed E-state index contributed by atoms with van der Waals surface area (Å²) in [6.07, 6.45) is 4.22. The molecule has 0 saturated carbocycles. The van der Waals surface area contributed by atoms with Gasteiger partial charge >= 0.3 is 6.36 Å². The lowest BCUT2D eigenvalue weighted by molar-refractivity contribution is -0.274. The van der Waals surface area contributed by atoms with Crippen LogP contribution in [-0.4, -0.2) is 17.9 Å². The Hall–Kier alpha value is -2.76. The lowest BCUT2D eigenvalue weighted by Crippen LogP contribution is -2.22. The van der Waals surface area contributed by atoms with Gasteiger partial charge in [0.15, 0.2) is 5.75 Å². The molecule has 0 fully saturated rings. The summed E-state index contributed by atoms with van der Waals surface area (Å²) >= 11 is 0. The van der Waals surface area contributed by atoms with Gasteiger partial charge in [-0.15, -0.1) is 13.2 Å². The van der Waals surface area contributed by atoms with Crippen molar-refractivity contribution < 1.29 is 17.9 Å². The number of halogens is 3. The number of benzene rings is 1. The molecule has 0 N–H and O–H groups in total. The first kappa shape index (κ1) is 15.1. The molecule has 6 heteroatoms. The second-order valence-corrected chi connectivity index (χ2v) is 4.88. The molecule has 0 saturated heterocycles. The number of anilines is 1. The molecule has 0 amide bonds. The predicted molar refractivity (Wildman–Crippen MR) is 81.8 cm³/mol. The molecular formula is C17H13F3N2O. The van der Waals surface area contributed by atoms with Crippen LogP contribution in [-0.2, 0) is 0 Å². The van der Waals surface area contributed by atoms with Crippen molar-refractivity contribution in [3.63, 3.8) is 0 Å².